The Hall–Kier alpha value is -2.74. The third kappa shape index (κ3) is 3.77. The molecule has 3 aromatic rings. The Morgan fingerprint density at radius 3 is 2.54 bits per heavy atom. The number of nitrogens with zero attached hydrogens (tertiary/aromatic N) is 6. The van der Waals surface area contributed by atoms with Crippen LogP contribution in [0, 0.1) is 11.7 Å². The van der Waals surface area contributed by atoms with Crippen LogP contribution in [0.3, 0.4) is 0 Å². The molecule has 28 heavy (non-hydrogen) atoms. The number of halogens is 1. The van der Waals surface area contributed by atoms with E-state index in [-0.39, 0.29) is 11.9 Å². The topological polar surface area (TPSA) is 63.2 Å². The fourth-order valence-electron chi connectivity index (χ4n) is 3.92. The van der Waals surface area contributed by atoms with Crippen molar-refractivity contribution in [1.29, 1.82) is 0 Å². The SMILES string of the molecule is CC(C)[C@H](c1nnnn1Cc1ccco1)N1CCN(c2ccccc2F)CC1. The molecule has 4 rings (SSSR count). The Bertz CT molecular complexity index is 886. The lowest BCUT2D eigenvalue weighted by Crippen LogP contribution is -2.49. The summed E-state index contributed by atoms with van der Waals surface area (Å²) in [4.78, 5) is 4.50. The van der Waals surface area contributed by atoms with Crippen molar-refractivity contribution >= 4 is 5.69 Å². The van der Waals surface area contributed by atoms with Crippen LogP contribution in [-0.4, -0.2) is 51.3 Å². The number of hydrogen-bond acceptors (Lipinski definition) is 6. The average molecular weight is 384 g/mol. The Morgan fingerprint density at radius 1 is 1.07 bits per heavy atom. The third-order valence-corrected chi connectivity index (χ3v) is 5.24. The number of rotatable bonds is 6. The molecule has 1 aliphatic rings. The molecule has 1 aromatic carbocycles. The maximum atomic E-state index is 14.1. The van der Waals surface area contributed by atoms with Gasteiger partial charge in [-0.15, -0.1) is 5.10 Å². The summed E-state index contributed by atoms with van der Waals surface area (Å²) < 4.78 is 21.4. The molecule has 0 unspecified atom stereocenters. The molecule has 3 heterocycles. The molecule has 0 spiro atoms. The van der Waals surface area contributed by atoms with Gasteiger partial charge in [0.25, 0.3) is 0 Å². The highest BCUT2D eigenvalue weighted by atomic mass is 19.1. The number of anilines is 1. The van der Waals surface area contributed by atoms with Gasteiger partial charge in [0, 0.05) is 26.2 Å². The quantitative estimate of drug-likeness (QED) is 0.651. The van der Waals surface area contributed by atoms with E-state index in [0.29, 0.717) is 18.2 Å². The number of furan rings is 1. The van der Waals surface area contributed by atoms with Crippen LogP contribution in [0.4, 0.5) is 10.1 Å². The van der Waals surface area contributed by atoms with Crippen LogP contribution in [0.5, 0.6) is 0 Å². The van der Waals surface area contributed by atoms with Crippen LogP contribution in [0.1, 0.15) is 31.5 Å². The maximum absolute atomic E-state index is 14.1. The van der Waals surface area contributed by atoms with Gasteiger partial charge >= 0.3 is 0 Å². The van der Waals surface area contributed by atoms with E-state index < -0.39 is 0 Å². The first-order valence-corrected chi connectivity index (χ1v) is 9.65. The highest BCUT2D eigenvalue weighted by Crippen LogP contribution is 2.29. The molecule has 1 aliphatic heterocycles. The predicted molar refractivity (Wildman–Crippen MR) is 103 cm³/mol. The van der Waals surface area contributed by atoms with Crippen molar-refractivity contribution < 1.29 is 8.81 Å². The Balaban J connectivity index is 1.50. The number of hydrogen-bond donors (Lipinski definition) is 0. The first kappa shape index (κ1) is 18.6. The molecule has 1 fully saturated rings. The van der Waals surface area contributed by atoms with E-state index in [0.717, 1.165) is 37.8 Å². The molecule has 0 amide bonds. The summed E-state index contributed by atoms with van der Waals surface area (Å²) in [6.07, 6.45) is 1.65. The van der Waals surface area contributed by atoms with Crippen molar-refractivity contribution in [2.45, 2.75) is 26.4 Å². The molecule has 0 bridgehead atoms. The minimum Gasteiger partial charge on any atom is -0.467 e. The molecule has 0 radical (unpaired) electrons. The van der Waals surface area contributed by atoms with Crippen molar-refractivity contribution in [2.75, 3.05) is 31.1 Å². The highest BCUT2D eigenvalue weighted by Gasteiger charge is 2.32. The number of piperazine rings is 1. The molecule has 0 saturated carbocycles. The largest absolute Gasteiger partial charge is 0.467 e. The number of benzene rings is 1. The lowest BCUT2D eigenvalue weighted by atomic mass is 10.0. The minimum absolute atomic E-state index is 0.0905. The molecule has 0 N–H and O–H groups in total. The normalized spacial score (nSPS) is 16.6. The van der Waals surface area contributed by atoms with Gasteiger partial charge in [-0.2, -0.15) is 0 Å². The Labute approximate surface area is 163 Å². The van der Waals surface area contributed by atoms with E-state index in [1.165, 1.54) is 6.07 Å². The molecular weight excluding hydrogens is 359 g/mol. The lowest BCUT2D eigenvalue weighted by Gasteiger charge is -2.41. The zero-order valence-electron chi connectivity index (χ0n) is 16.2. The fourth-order valence-corrected chi connectivity index (χ4v) is 3.92. The van der Waals surface area contributed by atoms with E-state index in [4.69, 9.17) is 4.42 Å². The summed E-state index contributed by atoms with van der Waals surface area (Å²) in [5.74, 6) is 1.83. The van der Waals surface area contributed by atoms with Crippen molar-refractivity contribution in [3.8, 4) is 0 Å². The van der Waals surface area contributed by atoms with Crippen molar-refractivity contribution in [1.82, 2.24) is 25.1 Å². The molecule has 1 saturated heterocycles. The van der Waals surface area contributed by atoms with E-state index in [9.17, 15) is 4.39 Å². The van der Waals surface area contributed by atoms with E-state index in [1.807, 2.05) is 28.9 Å². The van der Waals surface area contributed by atoms with Crippen LogP contribution >= 0.6 is 0 Å². The summed E-state index contributed by atoms with van der Waals surface area (Å²) in [7, 11) is 0. The van der Waals surface area contributed by atoms with Gasteiger partial charge in [0.2, 0.25) is 0 Å². The van der Waals surface area contributed by atoms with Crippen LogP contribution in [-0.2, 0) is 6.54 Å². The number of para-hydroxylation sites is 1. The summed E-state index contributed by atoms with van der Waals surface area (Å²) in [6.45, 7) is 8.05. The molecule has 8 heteroatoms. The van der Waals surface area contributed by atoms with Crippen molar-refractivity contribution in [3.63, 3.8) is 0 Å². The molecule has 2 aromatic heterocycles. The van der Waals surface area contributed by atoms with Crippen LogP contribution < -0.4 is 4.90 Å². The maximum Gasteiger partial charge on any atom is 0.169 e. The van der Waals surface area contributed by atoms with Gasteiger partial charge in [0.05, 0.1) is 18.0 Å². The number of aromatic nitrogens is 4. The second-order valence-electron chi connectivity index (χ2n) is 7.44. The van der Waals surface area contributed by atoms with Crippen molar-refractivity contribution in [3.05, 3.63) is 60.1 Å². The van der Waals surface area contributed by atoms with E-state index in [2.05, 4.69) is 39.2 Å². The standard InChI is InChI=1S/C20H25FN6O/c1-15(2)19(20-22-23-24-27(20)14-16-6-5-13-28-16)26-11-9-25(10-12-26)18-8-4-3-7-17(18)21/h3-8,13,15,19H,9-12,14H2,1-2H3/t19-/m1/s1. The molecule has 7 nitrogen and oxygen atoms in total. The van der Waals surface area contributed by atoms with Crippen molar-refractivity contribution in [2.24, 2.45) is 5.92 Å². The monoisotopic (exact) mass is 384 g/mol. The van der Waals surface area contributed by atoms with Crippen LogP contribution in [0.15, 0.2) is 47.1 Å². The predicted octanol–water partition coefficient (Wildman–Crippen LogP) is 2.97. The molecule has 148 valence electrons. The Kier molecular flexibility index (Phi) is 5.38. The summed E-state index contributed by atoms with van der Waals surface area (Å²) in [5, 5.41) is 12.4. The van der Waals surface area contributed by atoms with Gasteiger partial charge in [-0.1, -0.05) is 26.0 Å². The van der Waals surface area contributed by atoms with Gasteiger partial charge in [0.1, 0.15) is 18.1 Å². The van der Waals surface area contributed by atoms with E-state index in [1.54, 1.807) is 12.3 Å². The molecular formula is C20H25FN6O. The number of tetrazole rings is 1. The van der Waals surface area contributed by atoms with Gasteiger partial charge < -0.3 is 9.32 Å². The lowest BCUT2D eigenvalue weighted by molar-refractivity contribution is 0.134. The second kappa shape index (κ2) is 8.10. The summed E-state index contributed by atoms with van der Waals surface area (Å²) in [5.41, 5.74) is 0.672. The fraction of sp³-hybridized carbons (Fsp3) is 0.450. The first-order chi connectivity index (χ1) is 13.6. The first-order valence-electron chi connectivity index (χ1n) is 9.65. The van der Waals surface area contributed by atoms with E-state index >= 15 is 0 Å². The van der Waals surface area contributed by atoms with Crippen LogP contribution in [0.25, 0.3) is 0 Å². The zero-order valence-corrected chi connectivity index (χ0v) is 16.2. The Morgan fingerprint density at radius 2 is 1.86 bits per heavy atom. The van der Waals surface area contributed by atoms with Gasteiger partial charge in [-0.3, -0.25) is 4.90 Å². The zero-order chi connectivity index (χ0) is 19.5. The minimum atomic E-state index is -0.168. The highest BCUT2D eigenvalue weighted by molar-refractivity contribution is 5.48. The third-order valence-electron chi connectivity index (χ3n) is 5.24. The van der Waals surface area contributed by atoms with Gasteiger partial charge in [0.15, 0.2) is 5.82 Å². The van der Waals surface area contributed by atoms with Gasteiger partial charge in [-0.25, -0.2) is 9.07 Å². The summed E-state index contributed by atoms with van der Waals surface area (Å²) >= 11 is 0. The summed E-state index contributed by atoms with van der Waals surface area (Å²) in [6, 6.07) is 10.8. The smallest absolute Gasteiger partial charge is 0.169 e. The second-order valence-corrected chi connectivity index (χ2v) is 7.44. The average Bonchev–Trinajstić information content (AvgIpc) is 3.36. The van der Waals surface area contributed by atoms with Gasteiger partial charge in [-0.05, 0) is 40.6 Å². The van der Waals surface area contributed by atoms with Crippen LogP contribution in [0.2, 0.25) is 0 Å². The molecule has 0 aliphatic carbocycles. The molecule has 1 atom stereocenters.